The van der Waals surface area contributed by atoms with Crippen LogP contribution in [0, 0.1) is 5.92 Å². The summed E-state index contributed by atoms with van der Waals surface area (Å²) in [6.07, 6.45) is 9.60. The average Bonchev–Trinajstić information content (AvgIpc) is 3.10. The van der Waals surface area contributed by atoms with Gasteiger partial charge in [0.15, 0.2) is 11.5 Å². The number of imidazole rings is 1. The third kappa shape index (κ3) is 4.83. The second kappa shape index (κ2) is 9.46. The molecular weight excluding hydrogens is 338 g/mol. The molecule has 0 amide bonds. The first kappa shape index (κ1) is 19.3. The number of hydrogen-bond acceptors (Lipinski definition) is 5. The lowest BCUT2D eigenvalue weighted by Gasteiger charge is -2.26. The van der Waals surface area contributed by atoms with Crippen LogP contribution in [-0.4, -0.2) is 31.2 Å². The summed E-state index contributed by atoms with van der Waals surface area (Å²) in [6, 6.07) is 10.9. The number of rotatable bonds is 10. The maximum absolute atomic E-state index is 8.98. The monoisotopic (exact) mass is 367 g/mol. The number of aliphatic hydroxyl groups is 1. The molecule has 0 saturated heterocycles. The summed E-state index contributed by atoms with van der Waals surface area (Å²) < 4.78 is 2.17. The van der Waals surface area contributed by atoms with Gasteiger partial charge in [0.05, 0.1) is 6.33 Å². The summed E-state index contributed by atoms with van der Waals surface area (Å²) in [4.78, 5) is 13.0. The van der Waals surface area contributed by atoms with Crippen molar-refractivity contribution in [2.45, 2.75) is 51.5 Å². The van der Waals surface area contributed by atoms with Crippen molar-refractivity contribution in [3.63, 3.8) is 0 Å². The Morgan fingerprint density at radius 3 is 2.59 bits per heavy atom. The van der Waals surface area contributed by atoms with E-state index in [1.807, 2.05) is 6.33 Å². The number of hydrogen-bond donors (Lipinski definition) is 2. The predicted molar refractivity (Wildman–Crippen MR) is 108 cm³/mol. The highest BCUT2D eigenvalue weighted by atomic mass is 16.2. The quantitative estimate of drug-likeness (QED) is 0.532. The number of nitrogens with zero attached hydrogens (tertiary/aromatic N) is 4. The number of benzene rings is 1. The van der Waals surface area contributed by atoms with Gasteiger partial charge < -0.3 is 15.4 Å². The van der Waals surface area contributed by atoms with Crippen LogP contribution < -0.4 is 5.73 Å². The van der Waals surface area contributed by atoms with E-state index >= 15 is 0 Å². The van der Waals surface area contributed by atoms with E-state index in [2.05, 4.69) is 56.8 Å². The van der Waals surface area contributed by atoms with Gasteiger partial charge in [-0.2, -0.15) is 0 Å². The van der Waals surface area contributed by atoms with Gasteiger partial charge in [0.25, 0.3) is 0 Å². The van der Waals surface area contributed by atoms with E-state index < -0.39 is 0 Å². The van der Waals surface area contributed by atoms with Gasteiger partial charge in [-0.1, -0.05) is 56.5 Å². The standard InChI is InChI=1S/C21H29N5O/c1-16(13-17-9-5-4-6-10-17)18(11-7-2-3-8-12-27)26-15-25-19-20(22)23-14-24-21(19)26/h4-6,9-10,14-16,18,27H,2-3,7-8,11-13H2,1H3,(H2,22,23,24). The topological polar surface area (TPSA) is 89.8 Å². The molecule has 0 saturated carbocycles. The molecule has 6 nitrogen and oxygen atoms in total. The van der Waals surface area contributed by atoms with Crippen molar-refractivity contribution >= 4 is 17.0 Å². The Labute approximate surface area is 160 Å². The predicted octanol–water partition coefficient (Wildman–Crippen LogP) is 3.77. The Kier molecular flexibility index (Phi) is 6.76. The van der Waals surface area contributed by atoms with Gasteiger partial charge >= 0.3 is 0 Å². The smallest absolute Gasteiger partial charge is 0.165 e. The Morgan fingerprint density at radius 1 is 1.04 bits per heavy atom. The van der Waals surface area contributed by atoms with Crippen molar-refractivity contribution in [1.29, 1.82) is 0 Å². The van der Waals surface area contributed by atoms with Crippen LogP contribution in [0.3, 0.4) is 0 Å². The van der Waals surface area contributed by atoms with Crippen molar-refractivity contribution in [3.05, 3.63) is 48.5 Å². The first-order valence-electron chi connectivity index (χ1n) is 9.78. The molecule has 3 aromatic rings. The second-order valence-corrected chi connectivity index (χ2v) is 7.24. The molecule has 27 heavy (non-hydrogen) atoms. The second-order valence-electron chi connectivity index (χ2n) is 7.24. The molecule has 0 fully saturated rings. The zero-order valence-corrected chi connectivity index (χ0v) is 16.0. The fourth-order valence-corrected chi connectivity index (χ4v) is 3.75. The molecule has 0 aliphatic carbocycles. The minimum atomic E-state index is 0.274. The Balaban J connectivity index is 1.81. The minimum absolute atomic E-state index is 0.274. The van der Waals surface area contributed by atoms with Gasteiger partial charge in [0.1, 0.15) is 11.8 Å². The van der Waals surface area contributed by atoms with E-state index in [1.54, 1.807) is 0 Å². The summed E-state index contributed by atoms with van der Waals surface area (Å²) in [5, 5.41) is 8.98. The summed E-state index contributed by atoms with van der Waals surface area (Å²) in [5.41, 5.74) is 8.80. The Hall–Kier alpha value is -2.47. The van der Waals surface area contributed by atoms with Crippen molar-refractivity contribution in [3.8, 4) is 0 Å². The first-order chi connectivity index (χ1) is 13.2. The zero-order chi connectivity index (χ0) is 19.1. The van der Waals surface area contributed by atoms with Gasteiger partial charge in [-0.05, 0) is 30.7 Å². The molecule has 6 heteroatoms. The van der Waals surface area contributed by atoms with Gasteiger partial charge in [0.2, 0.25) is 0 Å². The van der Waals surface area contributed by atoms with Crippen molar-refractivity contribution in [2.24, 2.45) is 5.92 Å². The molecule has 0 bridgehead atoms. The van der Waals surface area contributed by atoms with Gasteiger partial charge in [0, 0.05) is 12.6 Å². The number of aliphatic hydroxyl groups excluding tert-OH is 1. The molecule has 144 valence electrons. The molecule has 2 atom stereocenters. The van der Waals surface area contributed by atoms with Crippen LogP contribution in [0.4, 0.5) is 5.82 Å². The third-order valence-corrected chi connectivity index (χ3v) is 5.21. The lowest BCUT2D eigenvalue weighted by atomic mass is 9.90. The van der Waals surface area contributed by atoms with Gasteiger partial charge in [-0.15, -0.1) is 0 Å². The van der Waals surface area contributed by atoms with Crippen LogP contribution in [0.2, 0.25) is 0 Å². The Morgan fingerprint density at radius 2 is 1.81 bits per heavy atom. The number of unbranched alkanes of at least 4 members (excludes halogenated alkanes) is 3. The van der Waals surface area contributed by atoms with E-state index in [9.17, 15) is 0 Å². The van der Waals surface area contributed by atoms with Crippen LogP contribution in [0.25, 0.3) is 11.2 Å². The van der Waals surface area contributed by atoms with E-state index in [0.29, 0.717) is 23.3 Å². The molecule has 0 aliphatic rings. The van der Waals surface area contributed by atoms with E-state index in [1.165, 1.54) is 11.9 Å². The minimum Gasteiger partial charge on any atom is -0.396 e. The fraction of sp³-hybridized carbons (Fsp3) is 0.476. The lowest BCUT2D eigenvalue weighted by Crippen LogP contribution is -2.19. The maximum Gasteiger partial charge on any atom is 0.165 e. The van der Waals surface area contributed by atoms with Gasteiger partial charge in [-0.3, -0.25) is 0 Å². The highest BCUT2D eigenvalue weighted by Crippen LogP contribution is 2.30. The van der Waals surface area contributed by atoms with Crippen LogP contribution in [0.1, 0.15) is 50.6 Å². The molecule has 3 N–H and O–H groups in total. The number of nitrogens with two attached hydrogens (primary N) is 1. The highest BCUT2D eigenvalue weighted by molar-refractivity contribution is 5.81. The molecule has 0 aliphatic heterocycles. The normalized spacial score (nSPS) is 13.7. The molecule has 0 radical (unpaired) electrons. The van der Waals surface area contributed by atoms with Crippen LogP contribution >= 0.6 is 0 Å². The van der Waals surface area contributed by atoms with E-state index in [4.69, 9.17) is 10.8 Å². The number of anilines is 1. The molecule has 2 aromatic heterocycles. The summed E-state index contributed by atoms with van der Waals surface area (Å²) in [5.74, 6) is 0.856. The summed E-state index contributed by atoms with van der Waals surface area (Å²) in [7, 11) is 0. The SMILES string of the molecule is CC(Cc1ccccc1)C(CCCCCCO)n1cnc2c(N)ncnc21. The fourth-order valence-electron chi connectivity index (χ4n) is 3.75. The zero-order valence-electron chi connectivity index (χ0n) is 16.0. The van der Waals surface area contributed by atoms with Crippen molar-refractivity contribution in [2.75, 3.05) is 12.3 Å². The highest BCUT2D eigenvalue weighted by Gasteiger charge is 2.22. The molecule has 2 heterocycles. The van der Waals surface area contributed by atoms with E-state index in [0.717, 1.165) is 44.2 Å². The molecule has 0 spiro atoms. The van der Waals surface area contributed by atoms with Crippen LogP contribution in [0.15, 0.2) is 43.0 Å². The molecule has 1 aromatic carbocycles. The maximum atomic E-state index is 8.98. The van der Waals surface area contributed by atoms with Crippen LogP contribution in [-0.2, 0) is 6.42 Å². The van der Waals surface area contributed by atoms with Crippen molar-refractivity contribution in [1.82, 2.24) is 19.5 Å². The third-order valence-electron chi connectivity index (χ3n) is 5.21. The van der Waals surface area contributed by atoms with Crippen molar-refractivity contribution < 1.29 is 5.11 Å². The Bertz CT molecular complexity index is 833. The lowest BCUT2D eigenvalue weighted by molar-refractivity contribution is 0.278. The summed E-state index contributed by atoms with van der Waals surface area (Å²) >= 11 is 0. The largest absolute Gasteiger partial charge is 0.396 e. The van der Waals surface area contributed by atoms with Gasteiger partial charge in [-0.25, -0.2) is 15.0 Å². The molecule has 3 rings (SSSR count). The average molecular weight is 367 g/mol. The van der Waals surface area contributed by atoms with E-state index in [-0.39, 0.29) is 6.61 Å². The molecular formula is C21H29N5O. The molecule has 2 unspecified atom stereocenters. The van der Waals surface area contributed by atoms with Crippen LogP contribution in [0.5, 0.6) is 0 Å². The first-order valence-corrected chi connectivity index (χ1v) is 9.78. The number of fused-ring (bicyclic) bond motifs is 1. The number of nitrogen functional groups attached to an aromatic ring is 1. The summed E-state index contributed by atoms with van der Waals surface area (Å²) in [6.45, 7) is 2.57. The number of aromatic nitrogens is 4.